The average Bonchev–Trinajstić information content (AvgIpc) is 3.17. The van der Waals surface area contributed by atoms with Crippen LogP contribution in [0.2, 0.25) is 0 Å². The molecule has 1 atom stereocenters. The Kier molecular flexibility index (Phi) is 6.55. The summed E-state index contributed by atoms with van der Waals surface area (Å²) >= 11 is 0. The fourth-order valence-electron chi connectivity index (χ4n) is 4.19. The second kappa shape index (κ2) is 9.53. The molecule has 2 aliphatic heterocycles. The van der Waals surface area contributed by atoms with Crippen molar-refractivity contribution >= 4 is 23.4 Å². The maximum atomic E-state index is 12.9. The van der Waals surface area contributed by atoms with Gasteiger partial charge >= 0.3 is 0 Å². The lowest BCUT2D eigenvalue weighted by Crippen LogP contribution is -2.41. The molecule has 1 unspecified atom stereocenters. The number of aryl methyl sites for hydroxylation is 1. The number of nitrogens with zero attached hydrogens (tertiary/aromatic N) is 2. The van der Waals surface area contributed by atoms with Crippen LogP contribution in [0.5, 0.6) is 0 Å². The normalized spacial score (nSPS) is 18.7. The van der Waals surface area contributed by atoms with E-state index >= 15 is 0 Å². The van der Waals surface area contributed by atoms with Crippen LogP contribution in [0.25, 0.3) is 0 Å². The first-order valence-electron chi connectivity index (χ1n) is 11.0. The summed E-state index contributed by atoms with van der Waals surface area (Å²) in [5.41, 5.74) is 4.14. The summed E-state index contributed by atoms with van der Waals surface area (Å²) < 4.78 is 5.33. The molecule has 0 aliphatic carbocycles. The molecule has 3 amide bonds. The van der Waals surface area contributed by atoms with E-state index in [-0.39, 0.29) is 24.1 Å². The molecule has 7 nitrogen and oxygen atoms in total. The number of benzene rings is 2. The predicted molar refractivity (Wildman–Crippen MR) is 121 cm³/mol. The third-order valence-electron chi connectivity index (χ3n) is 6.20. The third-order valence-corrected chi connectivity index (χ3v) is 6.20. The quantitative estimate of drug-likeness (QED) is 0.783. The van der Waals surface area contributed by atoms with E-state index in [1.54, 1.807) is 28.0 Å². The lowest BCUT2D eigenvalue weighted by molar-refractivity contribution is -0.128. The Morgan fingerprint density at radius 3 is 2.50 bits per heavy atom. The molecule has 2 heterocycles. The summed E-state index contributed by atoms with van der Waals surface area (Å²) in [6, 6.07) is 13.4. The molecule has 0 saturated carbocycles. The molecule has 4 rings (SSSR count). The van der Waals surface area contributed by atoms with Crippen molar-refractivity contribution in [1.29, 1.82) is 0 Å². The van der Waals surface area contributed by atoms with Crippen LogP contribution in [-0.2, 0) is 20.9 Å². The summed E-state index contributed by atoms with van der Waals surface area (Å²) in [6.07, 6.45) is 0.198. The Balaban J connectivity index is 1.41. The number of nitrogens with one attached hydrogen (secondary N) is 1. The van der Waals surface area contributed by atoms with Crippen LogP contribution in [-0.4, -0.2) is 60.4 Å². The van der Waals surface area contributed by atoms with E-state index < -0.39 is 5.92 Å². The molecule has 32 heavy (non-hydrogen) atoms. The lowest BCUT2D eigenvalue weighted by Gasteiger charge is -2.27. The Morgan fingerprint density at radius 2 is 1.78 bits per heavy atom. The fraction of sp³-hybridized carbons (Fsp3) is 0.400. The predicted octanol–water partition coefficient (Wildman–Crippen LogP) is 2.76. The minimum absolute atomic E-state index is 0.0151. The minimum Gasteiger partial charge on any atom is -0.378 e. The maximum Gasteiger partial charge on any atom is 0.254 e. The zero-order chi connectivity index (χ0) is 22.7. The van der Waals surface area contributed by atoms with Crippen molar-refractivity contribution in [3.63, 3.8) is 0 Å². The number of rotatable bonds is 5. The van der Waals surface area contributed by atoms with E-state index in [0.29, 0.717) is 50.6 Å². The highest BCUT2D eigenvalue weighted by Gasteiger charge is 2.34. The van der Waals surface area contributed by atoms with E-state index in [2.05, 4.69) is 5.32 Å². The monoisotopic (exact) mass is 435 g/mol. The molecule has 7 heteroatoms. The first-order valence-corrected chi connectivity index (χ1v) is 11.0. The zero-order valence-electron chi connectivity index (χ0n) is 18.6. The van der Waals surface area contributed by atoms with E-state index in [1.807, 2.05) is 38.1 Å². The van der Waals surface area contributed by atoms with E-state index in [0.717, 1.165) is 11.1 Å². The van der Waals surface area contributed by atoms with Gasteiger partial charge in [0.25, 0.3) is 5.91 Å². The van der Waals surface area contributed by atoms with Crippen molar-refractivity contribution in [1.82, 2.24) is 9.80 Å². The van der Waals surface area contributed by atoms with Gasteiger partial charge in [0.15, 0.2) is 0 Å². The van der Waals surface area contributed by atoms with Gasteiger partial charge in [0.05, 0.1) is 19.1 Å². The average molecular weight is 436 g/mol. The summed E-state index contributed by atoms with van der Waals surface area (Å²) in [5, 5.41) is 2.95. The van der Waals surface area contributed by atoms with Gasteiger partial charge in [0.1, 0.15) is 0 Å². The van der Waals surface area contributed by atoms with Gasteiger partial charge in [0, 0.05) is 43.9 Å². The SMILES string of the molecule is Cc1ccc(CN2CC(C(=O)Nc3cccc(C(=O)N4CCOCC4)c3C)CC2=O)cc1. The minimum atomic E-state index is -0.411. The van der Waals surface area contributed by atoms with Crippen molar-refractivity contribution in [2.24, 2.45) is 5.92 Å². The van der Waals surface area contributed by atoms with Crippen LogP contribution < -0.4 is 5.32 Å². The Bertz CT molecular complexity index is 1010. The zero-order valence-corrected chi connectivity index (χ0v) is 18.6. The molecule has 2 aromatic rings. The lowest BCUT2D eigenvalue weighted by atomic mass is 10.0. The van der Waals surface area contributed by atoms with Gasteiger partial charge in [-0.25, -0.2) is 0 Å². The van der Waals surface area contributed by atoms with Crippen molar-refractivity contribution in [3.8, 4) is 0 Å². The molecule has 2 aliphatic rings. The maximum absolute atomic E-state index is 12.9. The topological polar surface area (TPSA) is 79.0 Å². The highest BCUT2D eigenvalue weighted by molar-refractivity contribution is 6.01. The van der Waals surface area contributed by atoms with Crippen molar-refractivity contribution in [2.75, 3.05) is 38.2 Å². The van der Waals surface area contributed by atoms with Crippen LogP contribution in [0, 0.1) is 19.8 Å². The van der Waals surface area contributed by atoms with Gasteiger partial charge in [-0.2, -0.15) is 0 Å². The molecule has 0 radical (unpaired) electrons. The Hall–Kier alpha value is -3.19. The van der Waals surface area contributed by atoms with Gasteiger partial charge < -0.3 is 19.9 Å². The molecule has 0 aromatic heterocycles. The van der Waals surface area contributed by atoms with Crippen LogP contribution in [0.1, 0.15) is 33.5 Å². The fourth-order valence-corrected chi connectivity index (χ4v) is 4.19. The molecule has 2 aromatic carbocycles. The first kappa shape index (κ1) is 22.0. The Morgan fingerprint density at radius 1 is 1.06 bits per heavy atom. The summed E-state index contributed by atoms with van der Waals surface area (Å²) in [7, 11) is 0. The van der Waals surface area contributed by atoms with E-state index in [1.165, 1.54) is 5.56 Å². The van der Waals surface area contributed by atoms with Gasteiger partial charge in [-0.1, -0.05) is 35.9 Å². The molecule has 1 N–H and O–H groups in total. The first-order chi connectivity index (χ1) is 15.4. The Labute approximate surface area is 188 Å². The van der Waals surface area contributed by atoms with Crippen LogP contribution in [0.4, 0.5) is 5.69 Å². The molecule has 0 spiro atoms. The molecule has 168 valence electrons. The summed E-state index contributed by atoms with van der Waals surface area (Å²) in [6.45, 7) is 6.97. The van der Waals surface area contributed by atoms with Crippen LogP contribution >= 0.6 is 0 Å². The number of hydrogen-bond acceptors (Lipinski definition) is 4. The molecule has 2 saturated heterocycles. The molecular formula is C25H29N3O4. The number of carbonyl (C=O) groups is 3. The number of anilines is 1. The summed E-state index contributed by atoms with van der Waals surface area (Å²) in [5.74, 6) is -0.671. The second-order valence-electron chi connectivity index (χ2n) is 8.53. The van der Waals surface area contributed by atoms with Gasteiger partial charge in [-0.3, -0.25) is 14.4 Å². The number of amides is 3. The van der Waals surface area contributed by atoms with Gasteiger partial charge in [-0.05, 0) is 37.1 Å². The van der Waals surface area contributed by atoms with Crippen LogP contribution in [0.15, 0.2) is 42.5 Å². The van der Waals surface area contributed by atoms with Crippen molar-refractivity contribution in [2.45, 2.75) is 26.8 Å². The van der Waals surface area contributed by atoms with Crippen molar-refractivity contribution < 1.29 is 19.1 Å². The molecule has 2 fully saturated rings. The number of carbonyl (C=O) groups excluding carboxylic acids is 3. The standard InChI is InChI=1S/C25H29N3O4/c1-17-6-8-19(9-7-17)15-28-16-20(14-23(28)29)24(30)26-22-5-3-4-21(18(22)2)25(31)27-10-12-32-13-11-27/h3-9,20H,10-16H2,1-2H3,(H,26,30). The number of ether oxygens (including phenoxy) is 1. The highest BCUT2D eigenvalue weighted by atomic mass is 16.5. The molecular weight excluding hydrogens is 406 g/mol. The smallest absolute Gasteiger partial charge is 0.254 e. The number of likely N-dealkylation sites (tertiary alicyclic amines) is 1. The van der Waals surface area contributed by atoms with Gasteiger partial charge in [-0.15, -0.1) is 0 Å². The van der Waals surface area contributed by atoms with Gasteiger partial charge in [0.2, 0.25) is 11.8 Å². The highest BCUT2D eigenvalue weighted by Crippen LogP contribution is 2.25. The van der Waals surface area contributed by atoms with E-state index in [4.69, 9.17) is 4.74 Å². The third kappa shape index (κ3) is 4.83. The molecule has 0 bridgehead atoms. The van der Waals surface area contributed by atoms with Crippen molar-refractivity contribution in [3.05, 3.63) is 64.7 Å². The largest absolute Gasteiger partial charge is 0.378 e. The number of hydrogen-bond donors (Lipinski definition) is 1. The number of morpholine rings is 1. The summed E-state index contributed by atoms with van der Waals surface area (Å²) in [4.78, 5) is 41.8. The van der Waals surface area contributed by atoms with Crippen LogP contribution in [0.3, 0.4) is 0 Å². The van der Waals surface area contributed by atoms with E-state index in [9.17, 15) is 14.4 Å². The second-order valence-corrected chi connectivity index (χ2v) is 8.53.